The summed E-state index contributed by atoms with van der Waals surface area (Å²) < 4.78 is 57.5. The van der Waals surface area contributed by atoms with Crippen molar-refractivity contribution in [3.8, 4) is 5.75 Å². The number of sulfonamides is 2. The molecule has 13 heteroatoms. The van der Waals surface area contributed by atoms with Crippen molar-refractivity contribution in [1.82, 2.24) is 4.31 Å². The highest BCUT2D eigenvalue weighted by Gasteiger charge is 2.46. The molecule has 2 amide bonds. The van der Waals surface area contributed by atoms with E-state index in [-0.39, 0.29) is 29.2 Å². The molecule has 2 N–H and O–H groups in total. The Hall–Kier alpha value is -3.10. The van der Waals surface area contributed by atoms with E-state index >= 15 is 0 Å². The maximum atomic E-state index is 13.8. The smallest absolute Gasteiger partial charge is 0.252 e. The lowest BCUT2D eigenvalue weighted by molar-refractivity contribution is -0.122. The van der Waals surface area contributed by atoms with Crippen molar-refractivity contribution in [1.29, 1.82) is 0 Å². The predicted molar refractivity (Wildman–Crippen MR) is 143 cm³/mol. The molecule has 38 heavy (non-hydrogen) atoms. The molecule has 0 aliphatic carbocycles. The molecule has 1 aliphatic rings. The Morgan fingerprint density at radius 2 is 1.50 bits per heavy atom. The zero-order valence-electron chi connectivity index (χ0n) is 20.2. The molecule has 200 valence electrons. The first-order valence-electron chi connectivity index (χ1n) is 11.3. The number of methoxy groups -OCH3 is 1. The number of rotatable bonds is 9. The highest BCUT2D eigenvalue weighted by atomic mass is 79.9. The second kappa shape index (κ2) is 10.9. The minimum absolute atomic E-state index is 0.0646. The van der Waals surface area contributed by atoms with Crippen molar-refractivity contribution >= 4 is 53.5 Å². The Morgan fingerprint density at radius 1 is 0.921 bits per heavy atom. The first kappa shape index (κ1) is 27.9. The quantitative estimate of drug-likeness (QED) is 0.362. The Bertz CT molecular complexity index is 1560. The number of hydrogen-bond donors (Lipinski definition) is 1. The van der Waals surface area contributed by atoms with Crippen molar-refractivity contribution in [3.63, 3.8) is 0 Å². The predicted octanol–water partition coefficient (Wildman–Crippen LogP) is 2.67. The van der Waals surface area contributed by atoms with E-state index < -0.39 is 37.9 Å². The molecule has 3 aromatic rings. The lowest BCUT2D eigenvalue weighted by Crippen LogP contribution is -2.46. The van der Waals surface area contributed by atoms with Crippen molar-refractivity contribution in [2.75, 3.05) is 18.6 Å². The molecule has 10 nitrogen and oxygen atoms in total. The Labute approximate surface area is 229 Å². The highest BCUT2D eigenvalue weighted by Crippen LogP contribution is 2.31. The molecule has 0 spiro atoms. The second-order valence-electron chi connectivity index (χ2n) is 8.49. The van der Waals surface area contributed by atoms with Crippen LogP contribution in [-0.4, -0.2) is 52.7 Å². The van der Waals surface area contributed by atoms with Crippen molar-refractivity contribution in [2.45, 2.75) is 28.7 Å². The summed E-state index contributed by atoms with van der Waals surface area (Å²) in [5, 5.41) is 5.15. The third kappa shape index (κ3) is 5.81. The summed E-state index contributed by atoms with van der Waals surface area (Å²) in [4.78, 5) is 27.3. The van der Waals surface area contributed by atoms with E-state index in [1.807, 2.05) is 0 Å². The van der Waals surface area contributed by atoms with Gasteiger partial charge in [0.25, 0.3) is 5.91 Å². The van der Waals surface area contributed by atoms with Crippen LogP contribution in [0.4, 0.5) is 5.69 Å². The van der Waals surface area contributed by atoms with Crippen LogP contribution in [0, 0.1) is 0 Å². The summed E-state index contributed by atoms with van der Waals surface area (Å²) >= 11 is 3.31. The molecule has 0 aromatic heterocycles. The SMILES string of the molecule is COc1ccc(S(=O)(=O)N(CCc2ccc(S(N)(=O)=O)cc2)C2CC(=O)N(c3ccc(Br)cc3)C2=O)cc1. The molecule has 3 aromatic carbocycles. The van der Waals surface area contributed by atoms with Gasteiger partial charge in [-0.15, -0.1) is 0 Å². The third-order valence-corrected chi connectivity index (χ3v) is 9.47. The van der Waals surface area contributed by atoms with Gasteiger partial charge in [-0.3, -0.25) is 9.59 Å². The number of primary sulfonamides is 1. The number of carbonyl (C=O) groups is 2. The average Bonchev–Trinajstić information content (AvgIpc) is 3.17. The lowest BCUT2D eigenvalue weighted by atomic mass is 10.1. The van der Waals surface area contributed by atoms with Gasteiger partial charge < -0.3 is 4.74 Å². The van der Waals surface area contributed by atoms with Gasteiger partial charge in [0.05, 0.1) is 29.0 Å². The Kier molecular flexibility index (Phi) is 8.04. The number of nitrogens with two attached hydrogens (primary N) is 1. The molecule has 0 radical (unpaired) electrons. The van der Waals surface area contributed by atoms with E-state index in [9.17, 15) is 26.4 Å². The van der Waals surface area contributed by atoms with Gasteiger partial charge in [0.2, 0.25) is 26.0 Å². The van der Waals surface area contributed by atoms with Crippen LogP contribution in [0.2, 0.25) is 0 Å². The molecule has 0 saturated carbocycles. The van der Waals surface area contributed by atoms with Gasteiger partial charge in [0.15, 0.2) is 0 Å². The number of amides is 2. The lowest BCUT2D eigenvalue weighted by Gasteiger charge is -2.27. The first-order chi connectivity index (χ1) is 17.9. The van der Waals surface area contributed by atoms with Gasteiger partial charge >= 0.3 is 0 Å². The second-order valence-corrected chi connectivity index (χ2v) is 12.9. The van der Waals surface area contributed by atoms with Crippen LogP contribution in [0.1, 0.15) is 12.0 Å². The van der Waals surface area contributed by atoms with Gasteiger partial charge in [-0.05, 0) is 72.6 Å². The van der Waals surface area contributed by atoms with Crippen LogP contribution in [-0.2, 0) is 36.1 Å². The fourth-order valence-corrected chi connectivity index (χ4v) is 6.48. The molecule has 4 rings (SSSR count). The van der Waals surface area contributed by atoms with E-state index in [0.29, 0.717) is 17.0 Å². The molecular weight excluding hydrogens is 598 g/mol. The van der Waals surface area contributed by atoms with E-state index in [4.69, 9.17) is 9.88 Å². The normalized spacial score (nSPS) is 16.3. The van der Waals surface area contributed by atoms with Crippen LogP contribution < -0.4 is 14.8 Å². The summed E-state index contributed by atoms with van der Waals surface area (Å²) in [6.45, 7) is -0.138. The molecule has 1 aliphatic heterocycles. The number of ether oxygens (including phenoxy) is 1. The zero-order valence-corrected chi connectivity index (χ0v) is 23.4. The summed E-state index contributed by atoms with van der Waals surface area (Å²) in [6.07, 6.45) is -0.175. The van der Waals surface area contributed by atoms with Crippen LogP contribution in [0.5, 0.6) is 5.75 Å². The number of imide groups is 1. The number of nitrogens with zero attached hydrogens (tertiary/aromatic N) is 2. The maximum absolute atomic E-state index is 13.8. The van der Waals surface area contributed by atoms with E-state index in [2.05, 4.69) is 15.9 Å². The van der Waals surface area contributed by atoms with Crippen molar-refractivity contribution in [3.05, 3.63) is 82.8 Å². The van der Waals surface area contributed by atoms with Gasteiger partial charge in [0, 0.05) is 11.0 Å². The standard InChI is InChI=1S/C25H24BrN3O7S2/c1-36-20-8-12-22(13-9-20)38(34,35)28(15-14-17-2-10-21(11-3-17)37(27,32)33)23-16-24(30)29(25(23)31)19-6-4-18(26)5-7-19/h2-13,23H,14-16H2,1H3,(H2,27,32,33). The Balaban J connectivity index is 1.68. The molecule has 1 unspecified atom stereocenters. The minimum atomic E-state index is -4.23. The van der Waals surface area contributed by atoms with Gasteiger partial charge in [-0.1, -0.05) is 28.1 Å². The average molecular weight is 623 g/mol. The number of hydrogen-bond acceptors (Lipinski definition) is 7. The highest BCUT2D eigenvalue weighted by molar-refractivity contribution is 9.10. The van der Waals surface area contributed by atoms with Crippen LogP contribution in [0.25, 0.3) is 0 Å². The monoisotopic (exact) mass is 621 g/mol. The van der Waals surface area contributed by atoms with E-state index in [0.717, 1.165) is 13.7 Å². The topological polar surface area (TPSA) is 144 Å². The minimum Gasteiger partial charge on any atom is -0.497 e. The fourth-order valence-electron chi connectivity index (χ4n) is 4.11. The molecular formula is C25H24BrN3O7S2. The van der Waals surface area contributed by atoms with Crippen LogP contribution >= 0.6 is 15.9 Å². The van der Waals surface area contributed by atoms with Crippen molar-refractivity contribution in [2.24, 2.45) is 5.14 Å². The molecule has 1 heterocycles. The van der Waals surface area contributed by atoms with Gasteiger partial charge in [-0.25, -0.2) is 26.9 Å². The van der Waals surface area contributed by atoms with E-state index in [1.54, 1.807) is 24.3 Å². The summed E-state index contributed by atoms with van der Waals surface area (Å²) in [7, 11) is -6.65. The summed E-state index contributed by atoms with van der Waals surface area (Å²) in [5.74, 6) is -0.715. The fraction of sp³-hybridized carbons (Fsp3) is 0.200. The summed E-state index contributed by atoms with van der Waals surface area (Å²) in [5.41, 5.74) is 0.958. The van der Waals surface area contributed by atoms with Crippen LogP contribution in [0.15, 0.2) is 87.1 Å². The first-order valence-corrected chi connectivity index (χ1v) is 15.1. The number of benzene rings is 3. The molecule has 1 saturated heterocycles. The number of anilines is 1. The Morgan fingerprint density at radius 3 is 2.05 bits per heavy atom. The van der Waals surface area contributed by atoms with E-state index in [1.165, 1.54) is 55.6 Å². The molecule has 1 fully saturated rings. The van der Waals surface area contributed by atoms with Crippen LogP contribution in [0.3, 0.4) is 0 Å². The summed E-state index contributed by atoms with van der Waals surface area (Å²) in [6, 6.07) is 16.7. The van der Waals surface area contributed by atoms with Gasteiger partial charge in [-0.2, -0.15) is 4.31 Å². The van der Waals surface area contributed by atoms with Crippen molar-refractivity contribution < 1.29 is 31.2 Å². The third-order valence-electron chi connectivity index (χ3n) is 6.09. The maximum Gasteiger partial charge on any atom is 0.252 e. The molecule has 0 bridgehead atoms. The molecule has 1 atom stereocenters. The zero-order chi connectivity index (χ0) is 27.7. The number of halogens is 1. The number of carbonyl (C=O) groups excluding carboxylic acids is 2. The largest absolute Gasteiger partial charge is 0.497 e. The van der Waals surface area contributed by atoms with Gasteiger partial charge in [0.1, 0.15) is 11.8 Å².